The SMILES string of the molecule is C[Si](C)(C)C#Cc1cccc(C=C(C#N)C#N)c1. The van der Waals surface area contributed by atoms with E-state index in [2.05, 4.69) is 31.1 Å². The van der Waals surface area contributed by atoms with Crippen molar-refractivity contribution in [3.05, 3.63) is 41.0 Å². The number of hydrogen-bond donors (Lipinski definition) is 0. The van der Waals surface area contributed by atoms with Gasteiger partial charge in [-0.1, -0.05) is 37.7 Å². The molecular formula is C15H14N2Si. The Balaban J connectivity index is 3.08. The summed E-state index contributed by atoms with van der Waals surface area (Å²) in [5, 5.41) is 17.4. The number of rotatable bonds is 1. The Hall–Kier alpha value is -2.28. The number of hydrogen-bond acceptors (Lipinski definition) is 2. The van der Waals surface area contributed by atoms with Crippen molar-refractivity contribution < 1.29 is 0 Å². The molecule has 0 saturated carbocycles. The van der Waals surface area contributed by atoms with Crippen LogP contribution in [-0.2, 0) is 0 Å². The first-order valence-electron chi connectivity index (χ1n) is 5.60. The molecule has 1 rings (SSSR count). The van der Waals surface area contributed by atoms with Gasteiger partial charge in [0.05, 0.1) is 0 Å². The summed E-state index contributed by atoms with van der Waals surface area (Å²) in [5.41, 5.74) is 5.13. The summed E-state index contributed by atoms with van der Waals surface area (Å²) in [6.07, 6.45) is 1.57. The molecule has 0 unspecified atom stereocenters. The molecule has 88 valence electrons. The molecule has 0 aliphatic carbocycles. The second-order valence-corrected chi connectivity index (χ2v) is 9.66. The molecule has 0 fully saturated rings. The third-order valence-corrected chi connectivity index (χ3v) is 2.90. The standard InChI is InChI=1S/C15H14N2Si/c1-18(2,3)8-7-13-5-4-6-14(9-13)10-15(11-16)12-17/h4-6,9-10H,1-3H3. The van der Waals surface area contributed by atoms with Gasteiger partial charge in [-0.2, -0.15) is 10.5 Å². The predicted octanol–water partition coefficient (Wildman–Crippen LogP) is 3.35. The van der Waals surface area contributed by atoms with E-state index in [1.807, 2.05) is 36.4 Å². The lowest BCUT2D eigenvalue weighted by atomic mass is 10.1. The maximum atomic E-state index is 8.70. The fourth-order valence-electron chi connectivity index (χ4n) is 1.22. The molecule has 0 atom stereocenters. The van der Waals surface area contributed by atoms with Crippen LogP contribution in [0.3, 0.4) is 0 Å². The highest BCUT2D eigenvalue weighted by Gasteiger charge is 2.07. The normalized spacial score (nSPS) is 9.39. The van der Waals surface area contributed by atoms with E-state index in [1.54, 1.807) is 6.08 Å². The van der Waals surface area contributed by atoms with Crippen molar-refractivity contribution in [2.24, 2.45) is 0 Å². The maximum absolute atomic E-state index is 8.70. The molecule has 0 aromatic heterocycles. The topological polar surface area (TPSA) is 47.6 Å². The largest absolute Gasteiger partial charge is 0.192 e. The minimum absolute atomic E-state index is 0.102. The number of benzene rings is 1. The molecule has 1 aromatic rings. The quantitative estimate of drug-likeness (QED) is 0.436. The highest BCUT2D eigenvalue weighted by atomic mass is 28.3. The van der Waals surface area contributed by atoms with Crippen LogP contribution in [0.25, 0.3) is 6.08 Å². The molecule has 2 nitrogen and oxygen atoms in total. The molecule has 0 bridgehead atoms. The van der Waals surface area contributed by atoms with E-state index in [9.17, 15) is 0 Å². The first-order valence-corrected chi connectivity index (χ1v) is 9.10. The van der Waals surface area contributed by atoms with Crippen molar-refractivity contribution in [2.75, 3.05) is 0 Å². The Bertz CT molecular complexity index is 595. The van der Waals surface area contributed by atoms with E-state index in [-0.39, 0.29) is 5.57 Å². The van der Waals surface area contributed by atoms with Crippen molar-refractivity contribution in [3.8, 4) is 23.6 Å². The number of nitriles is 2. The summed E-state index contributed by atoms with van der Waals surface area (Å²) in [4.78, 5) is 0. The summed E-state index contributed by atoms with van der Waals surface area (Å²) in [5.74, 6) is 3.15. The fraction of sp³-hybridized carbons (Fsp3) is 0.200. The third-order valence-electron chi connectivity index (χ3n) is 2.02. The van der Waals surface area contributed by atoms with E-state index in [1.165, 1.54) is 0 Å². The minimum Gasteiger partial charge on any atom is -0.192 e. The van der Waals surface area contributed by atoms with Crippen LogP contribution in [0.4, 0.5) is 0 Å². The van der Waals surface area contributed by atoms with Crippen LogP contribution in [0, 0.1) is 34.1 Å². The summed E-state index contributed by atoms with van der Waals surface area (Å²) < 4.78 is 0. The average Bonchev–Trinajstić information content (AvgIpc) is 2.33. The minimum atomic E-state index is -1.38. The van der Waals surface area contributed by atoms with E-state index < -0.39 is 8.07 Å². The zero-order valence-corrected chi connectivity index (χ0v) is 11.8. The van der Waals surface area contributed by atoms with Crippen LogP contribution in [0.2, 0.25) is 19.6 Å². The molecule has 0 N–H and O–H groups in total. The Morgan fingerprint density at radius 1 is 1.17 bits per heavy atom. The van der Waals surface area contributed by atoms with Crippen LogP contribution in [0.5, 0.6) is 0 Å². The zero-order valence-electron chi connectivity index (χ0n) is 10.8. The van der Waals surface area contributed by atoms with E-state index in [0.29, 0.717) is 0 Å². The summed E-state index contributed by atoms with van der Waals surface area (Å²) in [7, 11) is -1.38. The van der Waals surface area contributed by atoms with Crippen LogP contribution in [-0.4, -0.2) is 8.07 Å². The van der Waals surface area contributed by atoms with Crippen LogP contribution in [0.15, 0.2) is 29.8 Å². The molecule has 1 aromatic carbocycles. The fourth-order valence-corrected chi connectivity index (χ4v) is 1.74. The van der Waals surface area contributed by atoms with Crippen molar-refractivity contribution in [3.63, 3.8) is 0 Å². The van der Waals surface area contributed by atoms with Gasteiger partial charge in [0.25, 0.3) is 0 Å². The monoisotopic (exact) mass is 250 g/mol. The van der Waals surface area contributed by atoms with Crippen molar-refractivity contribution >= 4 is 14.1 Å². The van der Waals surface area contributed by atoms with Crippen LogP contribution < -0.4 is 0 Å². The van der Waals surface area contributed by atoms with Gasteiger partial charge in [-0.15, -0.1) is 5.54 Å². The molecule has 0 aliphatic rings. The Morgan fingerprint density at radius 2 is 1.83 bits per heavy atom. The Labute approximate surface area is 109 Å². The van der Waals surface area contributed by atoms with Crippen molar-refractivity contribution in [2.45, 2.75) is 19.6 Å². The number of allylic oxidation sites excluding steroid dienone is 1. The lowest BCUT2D eigenvalue weighted by molar-refractivity contribution is 1.47. The molecule has 0 spiro atoms. The van der Waals surface area contributed by atoms with Gasteiger partial charge in [0.1, 0.15) is 25.8 Å². The predicted molar refractivity (Wildman–Crippen MR) is 75.9 cm³/mol. The lowest BCUT2D eigenvalue weighted by Crippen LogP contribution is -2.16. The van der Waals surface area contributed by atoms with Crippen LogP contribution >= 0.6 is 0 Å². The van der Waals surface area contributed by atoms with Gasteiger partial charge in [0, 0.05) is 5.56 Å². The first kappa shape index (κ1) is 13.8. The van der Waals surface area contributed by atoms with E-state index in [0.717, 1.165) is 11.1 Å². The Kier molecular flexibility index (Phi) is 4.49. The smallest absolute Gasteiger partial charge is 0.130 e. The van der Waals surface area contributed by atoms with Gasteiger partial charge in [0.2, 0.25) is 0 Å². The molecule has 0 radical (unpaired) electrons. The first-order chi connectivity index (χ1) is 8.44. The van der Waals surface area contributed by atoms with E-state index in [4.69, 9.17) is 10.5 Å². The molecular weight excluding hydrogens is 236 g/mol. The highest BCUT2D eigenvalue weighted by molar-refractivity contribution is 6.83. The summed E-state index contributed by atoms with van der Waals surface area (Å²) in [6.45, 7) is 6.56. The second-order valence-electron chi connectivity index (χ2n) is 4.91. The van der Waals surface area contributed by atoms with Gasteiger partial charge >= 0.3 is 0 Å². The molecule has 0 saturated heterocycles. The van der Waals surface area contributed by atoms with Gasteiger partial charge in [-0.3, -0.25) is 0 Å². The summed E-state index contributed by atoms with van der Waals surface area (Å²) in [6, 6.07) is 11.3. The van der Waals surface area contributed by atoms with Gasteiger partial charge in [-0.05, 0) is 23.8 Å². The van der Waals surface area contributed by atoms with Gasteiger partial charge in [-0.25, -0.2) is 0 Å². The van der Waals surface area contributed by atoms with Gasteiger partial charge in [0.15, 0.2) is 0 Å². The molecule has 0 heterocycles. The molecule has 18 heavy (non-hydrogen) atoms. The van der Waals surface area contributed by atoms with Gasteiger partial charge < -0.3 is 0 Å². The van der Waals surface area contributed by atoms with Crippen molar-refractivity contribution in [1.29, 1.82) is 10.5 Å². The lowest BCUT2D eigenvalue weighted by Gasteiger charge is -2.03. The molecule has 3 heteroatoms. The second kappa shape index (κ2) is 5.87. The highest BCUT2D eigenvalue weighted by Crippen LogP contribution is 2.09. The molecule has 0 aliphatic heterocycles. The third kappa shape index (κ3) is 4.70. The molecule has 0 amide bonds. The summed E-state index contributed by atoms with van der Waals surface area (Å²) >= 11 is 0. The maximum Gasteiger partial charge on any atom is 0.130 e. The van der Waals surface area contributed by atoms with Crippen LogP contribution in [0.1, 0.15) is 11.1 Å². The van der Waals surface area contributed by atoms with Crippen molar-refractivity contribution in [1.82, 2.24) is 0 Å². The zero-order chi connectivity index (χ0) is 13.6. The average molecular weight is 250 g/mol. The number of nitrogens with zero attached hydrogens (tertiary/aromatic N) is 2. The van der Waals surface area contributed by atoms with E-state index >= 15 is 0 Å². The Morgan fingerprint density at radius 3 is 2.39 bits per heavy atom.